The fourth-order valence-electron chi connectivity index (χ4n) is 0.567. The van der Waals surface area contributed by atoms with Gasteiger partial charge in [-0.2, -0.15) is 0 Å². The highest BCUT2D eigenvalue weighted by atomic mass is 14.4. The Bertz CT molecular complexity index is 114. The third kappa shape index (κ3) is 3.95. The van der Waals surface area contributed by atoms with E-state index in [2.05, 4.69) is 13.5 Å². The fourth-order valence-corrected chi connectivity index (χ4v) is 0.567. The first-order valence-electron chi connectivity index (χ1n) is 3.41. The number of allylic oxidation sites excluding steroid dienone is 1. The van der Waals surface area contributed by atoms with Crippen LogP contribution in [-0.2, 0) is 0 Å². The third-order valence-electron chi connectivity index (χ3n) is 1.30. The number of rotatable bonds is 4. The van der Waals surface area contributed by atoms with Gasteiger partial charge in [0, 0.05) is 5.71 Å². The van der Waals surface area contributed by atoms with Crippen LogP contribution in [0.4, 0.5) is 0 Å². The summed E-state index contributed by atoms with van der Waals surface area (Å²) in [5, 5.41) is 7.35. The molecule has 1 N–H and O–H groups in total. The molecule has 0 bridgehead atoms. The maximum absolute atomic E-state index is 7.35. The number of hydrogen-bond donors (Lipinski definition) is 1. The van der Waals surface area contributed by atoms with Crippen molar-refractivity contribution in [2.75, 3.05) is 0 Å². The Morgan fingerprint density at radius 2 is 2.11 bits per heavy atom. The van der Waals surface area contributed by atoms with Gasteiger partial charge in [-0.15, -0.1) is 0 Å². The Morgan fingerprint density at radius 3 is 2.44 bits per heavy atom. The first-order chi connectivity index (χ1) is 4.18. The molecule has 0 spiro atoms. The van der Waals surface area contributed by atoms with Crippen LogP contribution in [0.2, 0.25) is 0 Å². The molecule has 0 unspecified atom stereocenters. The van der Waals surface area contributed by atoms with Crippen molar-refractivity contribution >= 4 is 5.71 Å². The average molecular weight is 125 g/mol. The molecule has 0 saturated heterocycles. The van der Waals surface area contributed by atoms with Crippen molar-refractivity contribution in [1.29, 1.82) is 5.41 Å². The zero-order valence-electron chi connectivity index (χ0n) is 6.33. The van der Waals surface area contributed by atoms with Crippen LogP contribution >= 0.6 is 0 Å². The smallest absolute Gasteiger partial charge is 0.0337 e. The SMILES string of the molecule is C=C(C)C(=N)CCCC. The van der Waals surface area contributed by atoms with Crippen molar-refractivity contribution in [2.24, 2.45) is 0 Å². The summed E-state index contributed by atoms with van der Waals surface area (Å²) >= 11 is 0. The van der Waals surface area contributed by atoms with Crippen molar-refractivity contribution in [2.45, 2.75) is 33.1 Å². The highest BCUT2D eigenvalue weighted by Crippen LogP contribution is 2.01. The highest BCUT2D eigenvalue weighted by molar-refractivity contribution is 5.96. The van der Waals surface area contributed by atoms with E-state index >= 15 is 0 Å². The predicted molar refractivity (Wildman–Crippen MR) is 42.1 cm³/mol. The lowest BCUT2D eigenvalue weighted by Gasteiger charge is -1.98. The van der Waals surface area contributed by atoms with Gasteiger partial charge in [-0.3, -0.25) is 0 Å². The van der Waals surface area contributed by atoms with E-state index < -0.39 is 0 Å². The Labute approximate surface area is 57.3 Å². The minimum absolute atomic E-state index is 0.705. The van der Waals surface area contributed by atoms with Crippen molar-refractivity contribution in [1.82, 2.24) is 0 Å². The minimum atomic E-state index is 0.705. The standard InChI is InChI=1S/C8H15N/c1-4-5-6-8(9)7(2)3/h9H,2,4-6H2,1,3H3. The Balaban J connectivity index is 3.39. The summed E-state index contributed by atoms with van der Waals surface area (Å²) in [6.07, 6.45) is 3.17. The van der Waals surface area contributed by atoms with Gasteiger partial charge in [0.05, 0.1) is 0 Å². The van der Waals surface area contributed by atoms with Crippen LogP contribution < -0.4 is 0 Å². The highest BCUT2D eigenvalue weighted by Gasteiger charge is 1.94. The molecule has 0 aromatic heterocycles. The quantitative estimate of drug-likeness (QED) is 0.559. The van der Waals surface area contributed by atoms with Crippen molar-refractivity contribution in [3.8, 4) is 0 Å². The molecular formula is C8H15N. The largest absolute Gasteiger partial charge is 0.305 e. The fraction of sp³-hybridized carbons (Fsp3) is 0.625. The summed E-state index contributed by atoms with van der Waals surface area (Å²) in [5.41, 5.74) is 1.61. The van der Waals surface area contributed by atoms with Gasteiger partial charge in [-0.25, -0.2) is 0 Å². The molecule has 0 fully saturated rings. The molecule has 0 saturated carbocycles. The number of unbranched alkanes of at least 4 members (excludes halogenated alkanes) is 1. The molecule has 1 heteroatoms. The van der Waals surface area contributed by atoms with Crippen LogP contribution in [0.25, 0.3) is 0 Å². The molecule has 9 heavy (non-hydrogen) atoms. The van der Waals surface area contributed by atoms with Gasteiger partial charge in [0.15, 0.2) is 0 Å². The molecule has 0 aromatic rings. The first-order valence-corrected chi connectivity index (χ1v) is 3.41. The molecule has 0 amide bonds. The van der Waals surface area contributed by atoms with E-state index in [1.165, 1.54) is 0 Å². The van der Waals surface area contributed by atoms with Gasteiger partial charge < -0.3 is 5.41 Å². The summed E-state index contributed by atoms with van der Waals surface area (Å²) in [5.74, 6) is 0. The summed E-state index contributed by atoms with van der Waals surface area (Å²) in [6, 6.07) is 0. The van der Waals surface area contributed by atoms with Gasteiger partial charge in [-0.05, 0) is 25.3 Å². The summed E-state index contributed by atoms with van der Waals surface area (Å²) < 4.78 is 0. The second-order valence-electron chi connectivity index (χ2n) is 2.36. The van der Waals surface area contributed by atoms with Crippen LogP contribution in [0.3, 0.4) is 0 Å². The van der Waals surface area contributed by atoms with Gasteiger partial charge in [0.2, 0.25) is 0 Å². The van der Waals surface area contributed by atoms with Gasteiger partial charge >= 0.3 is 0 Å². The first kappa shape index (κ1) is 8.41. The molecule has 0 atom stereocenters. The Morgan fingerprint density at radius 1 is 1.56 bits per heavy atom. The number of nitrogens with one attached hydrogen (secondary N) is 1. The maximum atomic E-state index is 7.35. The van der Waals surface area contributed by atoms with E-state index in [0.717, 1.165) is 24.8 Å². The monoisotopic (exact) mass is 125 g/mol. The molecule has 0 rings (SSSR count). The molecule has 0 radical (unpaired) electrons. The normalized spacial score (nSPS) is 9.11. The van der Waals surface area contributed by atoms with E-state index in [1.54, 1.807) is 0 Å². The summed E-state index contributed by atoms with van der Waals surface area (Å²) in [6.45, 7) is 7.70. The maximum Gasteiger partial charge on any atom is 0.0337 e. The van der Waals surface area contributed by atoms with Crippen molar-refractivity contribution in [3.05, 3.63) is 12.2 Å². The minimum Gasteiger partial charge on any atom is -0.305 e. The van der Waals surface area contributed by atoms with Crippen LogP contribution in [0, 0.1) is 5.41 Å². The average Bonchev–Trinajstić information content (AvgIpc) is 1.82. The second kappa shape index (κ2) is 4.30. The van der Waals surface area contributed by atoms with Crippen LogP contribution in [-0.4, -0.2) is 5.71 Å². The third-order valence-corrected chi connectivity index (χ3v) is 1.30. The van der Waals surface area contributed by atoms with Gasteiger partial charge in [-0.1, -0.05) is 19.9 Å². The topological polar surface area (TPSA) is 23.9 Å². The lowest BCUT2D eigenvalue weighted by molar-refractivity contribution is 0.832. The van der Waals surface area contributed by atoms with E-state index in [0.29, 0.717) is 5.71 Å². The van der Waals surface area contributed by atoms with Crippen molar-refractivity contribution in [3.63, 3.8) is 0 Å². The Kier molecular flexibility index (Phi) is 4.02. The van der Waals surface area contributed by atoms with E-state index in [4.69, 9.17) is 5.41 Å². The molecule has 0 aromatic carbocycles. The van der Waals surface area contributed by atoms with Crippen LogP contribution in [0.1, 0.15) is 33.1 Å². The van der Waals surface area contributed by atoms with Crippen LogP contribution in [0.5, 0.6) is 0 Å². The van der Waals surface area contributed by atoms with E-state index in [-0.39, 0.29) is 0 Å². The van der Waals surface area contributed by atoms with E-state index in [9.17, 15) is 0 Å². The zero-order valence-corrected chi connectivity index (χ0v) is 6.33. The molecule has 0 aliphatic carbocycles. The Hall–Kier alpha value is -0.590. The second-order valence-corrected chi connectivity index (χ2v) is 2.36. The van der Waals surface area contributed by atoms with Crippen LogP contribution in [0.15, 0.2) is 12.2 Å². The zero-order chi connectivity index (χ0) is 7.28. The molecule has 1 nitrogen and oxygen atoms in total. The van der Waals surface area contributed by atoms with E-state index in [1.807, 2.05) is 6.92 Å². The molecule has 0 heterocycles. The lowest BCUT2D eigenvalue weighted by Crippen LogP contribution is -1.95. The summed E-state index contributed by atoms with van der Waals surface area (Å²) in [4.78, 5) is 0. The molecule has 52 valence electrons. The molecule has 0 aliphatic heterocycles. The summed E-state index contributed by atoms with van der Waals surface area (Å²) in [7, 11) is 0. The van der Waals surface area contributed by atoms with Gasteiger partial charge in [0.1, 0.15) is 0 Å². The lowest BCUT2D eigenvalue weighted by atomic mass is 10.1. The van der Waals surface area contributed by atoms with Crippen molar-refractivity contribution < 1.29 is 0 Å². The van der Waals surface area contributed by atoms with Gasteiger partial charge in [0.25, 0.3) is 0 Å². The predicted octanol–water partition coefficient (Wildman–Crippen LogP) is 2.77. The molecular weight excluding hydrogens is 110 g/mol. The number of hydrogen-bond acceptors (Lipinski definition) is 1. The molecule has 0 aliphatic rings.